The fourth-order valence-electron chi connectivity index (χ4n) is 4.65. The van der Waals surface area contributed by atoms with E-state index < -0.39 is 59.9 Å². The number of hydrogen-bond acceptors (Lipinski definition) is 5. The fraction of sp³-hybridized carbons (Fsp3) is 0.429. The molecule has 0 aromatic heterocycles. The molecule has 1 saturated carbocycles. The minimum Gasteiger partial charge on any atom is -0.454 e. The minimum atomic E-state index is -4.63. The summed E-state index contributed by atoms with van der Waals surface area (Å²) in [5.74, 6) is -3.74. The molecule has 1 heterocycles. The topological polar surface area (TPSA) is 92.8 Å². The van der Waals surface area contributed by atoms with Crippen LogP contribution in [0.3, 0.4) is 0 Å². The van der Waals surface area contributed by atoms with Gasteiger partial charge < -0.3 is 10.1 Å². The summed E-state index contributed by atoms with van der Waals surface area (Å²) in [6, 6.07) is 1.18. The van der Waals surface area contributed by atoms with Gasteiger partial charge in [-0.15, -0.1) is 0 Å². The number of esters is 1. The molecule has 1 N–H and O–H groups in total. The predicted molar refractivity (Wildman–Crippen MR) is 105 cm³/mol. The van der Waals surface area contributed by atoms with E-state index >= 15 is 0 Å². The van der Waals surface area contributed by atoms with Gasteiger partial charge in [-0.1, -0.05) is 23.8 Å². The van der Waals surface area contributed by atoms with E-state index in [2.05, 4.69) is 5.32 Å². The number of ether oxygens (including phenoxy) is 1. The zero-order valence-electron chi connectivity index (χ0n) is 16.7. The van der Waals surface area contributed by atoms with Crippen LogP contribution in [-0.2, 0) is 30.1 Å². The fourth-order valence-corrected chi connectivity index (χ4v) is 4.82. The normalized spacial score (nSPS) is 27.0. The molecule has 0 unspecified atom stereocenters. The number of carbonyl (C=O) groups excluding carboxylic acids is 4. The number of fused-ring (bicyclic) bond motifs is 5. The monoisotopic (exact) mass is 470 g/mol. The van der Waals surface area contributed by atoms with Crippen molar-refractivity contribution in [3.63, 3.8) is 0 Å². The van der Waals surface area contributed by atoms with Crippen molar-refractivity contribution in [2.45, 2.75) is 25.6 Å². The van der Waals surface area contributed by atoms with E-state index in [1.165, 1.54) is 6.92 Å². The van der Waals surface area contributed by atoms with Crippen LogP contribution in [0.25, 0.3) is 0 Å². The van der Waals surface area contributed by atoms with E-state index in [1.54, 1.807) is 0 Å². The van der Waals surface area contributed by atoms with Crippen LogP contribution in [0.4, 0.5) is 18.9 Å². The van der Waals surface area contributed by atoms with Gasteiger partial charge in [0.05, 0.1) is 28.1 Å². The highest BCUT2D eigenvalue weighted by Crippen LogP contribution is 2.52. The van der Waals surface area contributed by atoms with E-state index in [0.29, 0.717) is 6.07 Å². The Bertz CT molecular complexity index is 1010. The molecule has 4 rings (SSSR count). The first-order valence-corrected chi connectivity index (χ1v) is 10.3. The van der Waals surface area contributed by atoms with Crippen LogP contribution < -0.4 is 5.32 Å². The van der Waals surface area contributed by atoms with Crippen molar-refractivity contribution in [1.82, 2.24) is 4.90 Å². The summed E-state index contributed by atoms with van der Waals surface area (Å²) < 4.78 is 43.4. The van der Waals surface area contributed by atoms with Crippen molar-refractivity contribution >= 4 is 41.0 Å². The second-order valence-electron chi connectivity index (χ2n) is 8.07. The maximum absolute atomic E-state index is 12.8. The van der Waals surface area contributed by atoms with Crippen LogP contribution in [0.2, 0.25) is 5.02 Å². The van der Waals surface area contributed by atoms with Crippen LogP contribution in [0, 0.1) is 23.7 Å². The van der Waals surface area contributed by atoms with E-state index in [1.807, 2.05) is 12.2 Å². The van der Waals surface area contributed by atoms with E-state index in [-0.39, 0.29) is 22.5 Å². The molecule has 3 aliphatic rings. The highest BCUT2D eigenvalue weighted by atomic mass is 35.5. The molecule has 32 heavy (non-hydrogen) atoms. The van der Waals surface area contributed by atoms with Crippen LogP contribution in [0.15, 0.2) is 30.4 Å². The first-order chi connectivity index (χ1) is 15.0. The standard InChI is InChI=1S/C21H18ClF3N2O5/c1-9(27-18(29)16-10-2-3-11(6-10)17(16)19(27)30)20(31)32-8-15(28)26-14-7-12(21(23,24)25)4-5-13(14)22/h2-5,7,9-11,16-17H,6,8H2,1H3,(H,26,28)/t9-,10+,11+,16-,17+/m1/s1. The molecule has 2 fully saturated rings. The van der Waals surface area contributed by atoms with Gasteiger partial charge in [-0.25, -0.2) is 4.79 Å². The van der Waals surface area contributed by atoms with Gasteiger partial charge in [-0.2, -0.15) is 13.2 Å². The number of carbonyl (C=O) groups is 4. The zero-order chi connectivity index (χ0) is 23.4. The lowest BCUT2D eigenvalue weighted by Gasteiger charge is -2.23. The second-order valence-corrected chi connectivity index (χ2v) is 8.48. The van der Waals surface area contributed by atoms with Gasteiger partial charge in [0, 0.05) is 0 Å². The molecule has 3 amide bonds. The Kier molecular flexibility index (Phi) is 5.52. The Labute approximate surface area is 185 Å². The number of halogens is 4. The van der Waals surface area contributed by atoms with E-state index in [4.69, 9.17) is 16.3 Å². The molecule has 11 heteroatoms. The van der Waals surface area contributed by atoms with Crippen molar-refractivity contribution in [1.29, 1.82) is 0 Å². The SMILES string of the molecule is C[C@H](C(=O)OCC(=O)Nc1cc(C(F)(F)F)ccc1Cl)N1C(=O)[C@@H]2[C@H](C1=O)[C@H]1C=C[C@H]2C1. The van der Waals surface area contributed by atoms with Gasteiger partial charge in [0.25, 0.3) is 5.91 Å². The van der Waals surface area contributed by atoms with Crippen LogP contribution in [0.5, 0.6) is 0 Å². The molecular weight excluding hydrogens is 453 g/mol. The van der Waals surface area contributed by atoms with Gasteiger partial charge in [0.1, 0.15) is 6.04 Å². The summed E-state index contributed by atoms with van der Waals surface area (Å²) in [6.45, 7) is 0.502. The Morgan fingerprint density at radius 2 is 1.78 bits per heavy atom. The van der Waals surface area contributed by atoms with Crippen LogP contribution >= 0.6 is 11.6 Å². The Morgan fingerprint density at radius 1 is 1.19 bits per heavy atom. The average molecular weight is 471 g/mol. The van der Waals surface area contributed by atoms with Crippen molar-refractivity contribution in [2.75, 3.05) is 11.9 Å². The molecule has 1 saturated heterocycles. The summed E-state index contributed by atoms with van der Waals surface area (Å²) in [5.41, 5.74) is -1.31. The van der Waals surface area contributed by atoms with E-state index in [9.17, 15) is 32.3 Å². The lowest BCUT2D eigenvalue weighted by atomic mass is 9.85. The van der Waals surface area contributed by atoms with Gasteiger partial charge in [-0.3, -0.25) is 19.3 Å². The highest BCUT2D eigenvalue weighted by Gasteiger charge is 2.60. The number of benzene rings is 1. The Hall–Kier alpha value is -2.88. The number of rotatable bonds is 5. The number of allylic oxidation sites excluding steroid dienone is 2. The van der Waals surface area contributed by atoms with Crippen LogP contribution in [0.1, 0.15) is 18.9 Å². The Morgan fingerprint density at radius 3 is 2.34 bits per heavy atom. The maximum atomic E-state index is 12.8. The predicted octanol–water partition coefficient (Wildman–Crippen LogP) is 3.04. The molecule has 170 valence electrons. The lowest BCUT2D eigenvalue weighted by Crippen LogP contribution is -2.45. The maximum Gasteiger partial charge on any atom is 0.416 e. The number of nitrogens with one attached hydrogen (secondary N) is 1. The molecule has 7 nitrogen and oxygen atoms in total. The molecule has 2 aliphatic carbocycles. The largest absolute Gasteiger partial charge is 0.454 e. The summed E-state index contributed by atoms with van der Waals surface area (Å²) in [4.78, 5) is 50.8. The molecule has 5 atom stereocenters. The van der Waals surface area contributed by atoms with Crippen molar-refractivity contribution in [3.8, 4) is 0 Å². The van der Waals surface area contributed by atoms with E-state index in [0.717, 1.165) is 23.5 Å². The van der Waals surface area contributed by atoms with Gasteiger partial charge in [-0.05, 0) is 43.4 Å². The average Bonchev–Trinajstić information content (AvgIpc) is 3.40. The summed E-state index contributed by atoms with van der Waals surface area (Å²) in [6.07, 6.45) is -0.0364. The van der Waals surface area contributed by atoms with Crippen molar-refractivity contribution in [2.24, 2.45) is 23.7 Å². The summed E-state index contributed by atoms with van der Waals surface area (Å²) >= 11 is 5.82. The molecule has 0 radical (unpaired) electrons. The number of hydrogen-bond donors (Lipinski definition) is 1. The Balaban J connectivity index is 1.36. The smallest absolute Gasteiger partial charge is 0.416 e. The summed E-state index contributed by atoms with van der Waals surface area (Å²) in [5, 5.41) is 2.02. The van der Waals surface area contributed by atoms with Crippen molar-refractivity contribution in [3.05, 3.63) is 40.9 Å². The molecule has 1 aromatic rings. The van der Waals surface area contributed by atoms with Crippen LogP contribution in [-0.4, -0.2) is 41.2 Å². The number of nitrogens with zero attached hydrogens (tertiary/aromatic N) is 1. The summed E-state index contributed by atoms with van der Waals surface area (Å²) in [7, 11) is 0. The number of imide groups is 1. The third-order valence-electron chi connectivity index (χ3n) is 6.15. The van der Waals surface area contributed by atoms with Crippen molar-refractivity contribution < 1.29 is 37.1 Å². The molecular formula is C21H18ClF3N2O5. The number of alkyl halides is 3. The number of likely N-dealkylation sites (tertiary alicyclic amines) is 1. The molecule has 1 aliphatic heterocycles. The molecule has 0 spiro atoms. The van der Waals surface area contributed by atoms with Gasteiger partial charge in [0.15, 0.2) is 6.61 Å². The molecule has 2 bridgehead atoms. The second kappa shape index (κ2) is 7.91. The third kappa shape index (κ3) is 3.76. The number of anilines is 1. The lowest BCUT2D eigenvalue weighted by molar-refractivity contribution is -0.159. The quantitative estimate of drug-likeness (QED) is 0.405. The third-order valence-corrected chi connectivity index (χ3v) is 6.48. The zero-order valence-corrected chi connectivity index (χ0v) is 17.4. The first kappa shape index (κ1) is 22.3. The molecule has 1 aromatic carbocycles. The number of amides is 3. The first-order valence-electron chi connectivity index (χ1n) is 9.87. The van der Waals surface area contributed by atoms with Gasteiger partial charge in [0.2, 0.25) is 11.8 Å². The minimum absolute atomic E-state index is 0.0161. The van der Waals surface area contributed by atoms with Gasteiger partial charge >= 0.3 is 12.1 Å². The highest BCUT2D eigenvalue weighted by molar-refractivity contribution is 6.33.